The Labute approximate surface area is 160 Å². The van der Waals surface area contributed by atoms with Crippen molar-refractivity contribution in [1.82, 2.24) is 10.3 Å². The second-order valence-electron chi connectivity index (χ2n) is 6.79. The van der Waals surface area contributed by atoms with Gasteiger partial charge in [-0.3, -0.25) is 14.6 Å². The van der Waals surface area contributed by atoms with Crippen LogP contribution in [0.5, 0.6) is 0 Å². The monoisotopic (exact) mass is 391 g/mol. The SMILES string of the molecule is O=C(Nc1cccc(C(=O)NC2CCCCC2C(F)(F)F)c1)c1cccnc1. The van der Waals surface area contributed by atoms with E-state index in [4.69, 9.17) is 0 Å². The number of hydrogen-bond donors (Lipinski definition) is 2. The number of hydrogen-bond acceptors (Lipinski definition) is 3. The van der Waals surface area contributed by atoms with Crippen molar-refractivity contribution >= 4 is 17.5 Å². The lowest BCUT2D eigenvalue weighted by molar-refractivity contribution is -0.187. The first kappa shape index (κ1) is 19.9. The topological polar surface area (TPSA) is 71.1 Å². The number of halogens is 3. The standard InChI is InChI=1S/C20H20F3N3O2/c21-20(22,23)16-8-1-2-9-17(16)26-18(27)13-5-3-7-15(11-13)25-19(28)14-6-4-10-24-12-14/h3-7,10-12,16-17H,1-2,8-9H2,(H,25,28)(H,26,27). The first-order valence-corrected chi connectivity index (χ1v) is 9.03. The Balaban J connectivity index is 1.69. The van der Waals surface area contributed by atoms with Crippen LogP contribution in [0.1, 0.15) is 46.4 Å². The summed E-state index contributed by atoms with van der Waals surface area (Å²) in [7, 11) is 0. The van der Waals surface area contributed by atoms with Crippen LogP contribution in [0, 0.1) is 5.92 Å². The van der Waals surface area contributed by atoms with Gasteiger partial charge in [0.2, 0.25) is 0 Å². The molecule has 1 aromatic carbocycles. The van der Waals surface area contributed by atoms with Crippen LogP contribution in [0.15, 0.2) is 48.8 Å². The molecule has 0 spiro atoms. The molecule has 2 atom stereocenters. The van der Waals surface area contributed by atoms with Gasteiger partial charge in [0, 0.05) is 29.7 Å². The number of alkyl halides is 3. The second kappa shape index (κ2) is 8.41. The van der Waals surface area contributed by atoms with Gasteiger partial charge in [-0.2, -0.15) is 13.2 Å². The molecule has 0 aliphatic heterocycles. The van der Waals surface area contributed by atoms with Crippen LogP contribution in [0.4, 0.5) is 18.9 Å². The lowest BCUT2D eigenvalue weighted by atomic mass is 9.84. The number of aromatic nitrogens is 1. The third-order valence-corrected chi connectivity index (χ3v) is 4.81. The summed E-state index contributed by atoms with van der Waals surface area (Å²) >= 11 is 0. The predicted octanol–water partition coefficient (Wildman–Crippen LogP) is 4.18. The molecule has 1 aliphatic carbocycles. The Bertz CT molecular complexity index is 840. The molecule has 2 amide bonds. The van der Waals surface area contributed by atoms with Gasteiger partial charge in [0.15, 0.2) is 0 Å². The van der Waals surface area contributed by atoms with E-state index < -0.39 is 30.0 Å². The number of rotatable bonds is 4. The van der Waals surface area contributed by atoms with E-state index in [2.05, 4.69) is 15.6 Å². The average Bonchev–Trinajstić information content (AvgIpc) is 2.68. The quantitative estimate of drug-likeness (QED) is 0.821. The lowest BCUT2D eigenvalue weighted by Crippen LogP contribution is -2.47. The van der Waals surface area contributed by atoms with Crippen LogP contribution in [-0.4, -0.2) is 29.0 Å². The van der Waals surface area contributed by atoms with Crippen LogP contribution in [0.3, 0.4) is 0 Å². The second-order valence-corrected chi connectivity index (χ2v) is 6.79. The minimum Gasteiger partial charge on any atom is -0.349 e. The molecule has 2 unspecified atom stereocenters. The third kappa shape index (κ3) is 4.88. The molecule has 2 N–H and O–H groups in total. The minimum atomic E-state index is -4.34. The maximum Gasteiger partial charge on any atom is 0.393 e. The van der Waals surface area contributed by atoms with E-state index in [9.17, 15) is 22.8 Å². The van der Waals surface area contributed by atoms with E-state index in [1.54, 1.807) is 30.5 Å². The summed E-state index contributed by atoms with van der Waals surface area (Å²) in [5.74, 6) is -2.51. The van der Waals surface area contributed by atoms with Crippen molar-refractivity contribution in [3.63, 3.8) is 0 Å². The summed E-state index contributed by atoms with van der Waals surface area (Å²) in [4.78, 5) is 28.5. The molecule has 1 aromatic heterocycles. The molecule has 8 heteroatoms. The molecule has 0 bridgehead atoms. The number of benzene rings is 1. The van der Waals surface area contributed by atoms with Crippen molar-refractivity contribution < 1.29 is 22.8 Å². The number of pyridine rings is 1. The maximum absolute atomic E-state index is 13.2. The summed E-state index contributed by atoms with van der Waals surface area (Å²) in [6.45, 7) is 0. The fourth-order valence-electron chi connectivity index (χ4n) is 3.39. The molecule has 2 aromatic rings. The Hall–Kier alpha value is -2.90. The third-order valence-electron chi connectivity index (χ3n) is 4.81. The number of nitrogens with zero attached hydrogens (tertiary/aromatic N) is 1. The van der Waals surface area contributed by atoms with Crippen molar-refractivity contribution in [3.05, 3.63) is 59.9 Å². The van der Waals surface area contributed by atoms with Crippen LogP contribution in [0.25, 0.3) is 0 Å². The summed E-state index contributed by atoms with van der Waals surface area (Å²) in [5, 5.41) is 5.17. The highest BCUT2D eigenvalue weighted by atomic mass is 19.4. The minimum absolute atomic E-state index is 0.0235. The van der Waals surface area contributed by atoms with E-state index in [-0.39, 0.29) is 12.0 Å². The van der Waals surface area contributed by atoms with Crippen molar-refractivity contribution in [2.24, 2.45) is 5.92 Å². The maximum atomic E-state index is 13.2. The van der Waals surface area contributed by atoms with E-state index in [0.29, 0.717) is 30.5 Å². The van der Waals surface area contributed by atoms with E-state index in [0.717, 1.165) is 0 Å². The summed E-state index contributed by atoms with van der Waals surface area (Å²) < 4.78 is 39.6. The van der Waals surface area contributed by atoms with Crippen molar-refractivity contribution in [2.75, 3.05) is 5.32 Å². The van der Waals surface area contributed by atoms with Gasteiger partial charge in [0.05, 0.1) is 11.5 Å². The molecule has 5 nitrogen and oxygen atoms in total. The number of carbonyl (C=O) groups excluding carboxylic acids is 2. The highest BCUT2D eigenvalue weighted by Crippen LogP contribution is 2.37. The molecule has 1 heterocycles. The molecule has 148 valence electrons. The number of amides is 2. The molecule has 1 fully saturated rings. The molecule has 0 saturated heterocycles. The molecule has 28 heavy (non-hydrogen) atoms. The van der Waals surface area contributed by atoms with Gasteiger partial charge < -0.3 is 10.6 Å². The molecule has 0 radical (unpaired) electrons. The lowest BCUT2D eigenvalue weighted by Gasteiger charge is -2.33. The van der Waals surface area contributed by atoms with E-state index in [1.165, 1.54) is 18.3 Å². The van der Waals surface area contributed by atoms with Gasteiger partial charge in [0.1, 0.15) is 0 Å². The molecule has 1 saturated carbocycles. The Morgan fingerprint density at radius 1 is 1.00 bits per heavy atom. The fraction of sp³-hybridized carbons (Fsp3) is 0.350. The summed E-state index contributed by atoms with van der Waals surface area (Å²) in [5.41, 5.74) is 0.917. The first-order chi connectivity index (χ1) is 13.3. The molecular formula is C20H20F3N3O2. The zero-order chi connectivity index (χ0) is 20.1. The number of nitrogens with one attached hydrogen (secondary N) is 2. The van der Waals surface area contributed by atoms with Crippen LogP contribution in [0.2, 0.25) is 0 Å². The Kier molecular flexibility index (Phi) is 5.96. The molecular weight excluding hydrogens is 371 g/mol. The van der Waals surface area contributed by atoms with Crippen LogP contribution in [-0.2, 0) is 0 Å². The fourth-order valence-corrected chi connectivity index (χ4v) is 3.39. The van der Waals surface area contributed by atoms with Crippen molar-refractivity contribution in [1.29, 1.82) is 0 Å². The first-order valence-electron chi connectivity index (χ1n) is 9.03. The van der Waals surface area contributed by atoms with Crippen molar-refractivity contribution in [2.45, 2.75) is 37.9 Å². The number of anilines is 1. The van der Waals surface area contributed by atoms with E-state index in [1.807, 2.05) is 0 Å². The molecule has 3 rings (SSSR count). The predicted molar refractivity (Wildman–Crippen MR) is 97.9 cm³/mol. The van der Waals surface area contributed by atoms with Gasteiger partial charge in [-0.25, -0.2) is 0 Å². The van der Waals surface area contributed by atoms with E-state index >= 15 is 0 Å². The van der Waals surface area contributed by atoms with Gasteiger partial charge in [-0.15, -0.1) is 0 Å². The summed E-state index contributed by atoms with van der Waals surface area (Å²) in [6.07, 6.45) is 0.0967. The van der Waals surface area contributed by atoms with Gasteiger partial charge in [0.25, 0.3) is 11.8 Å². The Morgan fingerprint density at radius 2 is 1.75 bits per heavy atom. The van der Waals surface area contributed by atoms with Crippen molar-refractivity contribution in [3.8, 4) is 0 Å². The van der Waals surface area contributed by atoms with Crippen LogP contribution >= 0.6 is 0 Å². The van der Waals surface area contributed by atoms with Crippen LogP contribution < -0.4 is 10.6 Å². The normalized spacial score (nSPS) is 19.7. The highest BCUT2D eigenvalue weighted by Gasteiger charge is 2.46. The molecule has 1 aliphatic rings. The van der Waals surface area contributed by atoms with Gasteiger partial charge in [-0.1, -0.05) is 18.9 Å². The smallest absolute Gasteiger partial charge is 0.349 e. The zero-order valence-electron chi connectivity index (χ0n) is 15.0. The Morgan fingerprint density at radius 3 is 2.46 bits per heavy atom. The number of carbonyl (C=O) groups is 2. The highest BCUT2D eigenvalue weighted by molar-refractivity contribution is 6.04. The average molecular weight is 391 g/mol. The largest absolute Gasteiger partial charge is 0.393 e. The van der Waals surface area contributed by atoms with Gasteiger partial charge in [-0.05, 0) is 43.2 Å². The zero-order valence-corrected chi connectivity index (χ0v) is 15.0. The summed E-state index contributed by atoms with van der Waals surface area (Å²) in [6, 6.07) is 8.39. The van der Waals surface area contributed by atoms with Gasteiger partial charge >= 0.3 is 6.18 Å².